The van der Waals surface area contributed by atoms with Crippen molar-refractivity contribution in [3.8, 4) is 0 Å². The number of unbranched alkanes of at least 4 members (excludes halogenated alkanes) is 1. The molecule has 0 unspecified atom stereocenters. The lowest BCUT2D eigenvalue weighted by atomic mass is 10.2. The molecule has 0 aliphatic rings. The average molecular weight is 238 g/mol. The Morgan fingerprint density at radius 3 is 2.82 bits per heavy atom. The molecule has 1 rings (SSSR count). The topological polar surface area (TPSA) is 28.4 Å². The first-order chi connectivity index (χ1) is 8.18. The van der Waals surface area contributed by atoms with Gasteiger partial charge in [0.2, 0.25) is 0 Å². The molecule has 0 radical (unpaired) electrons. The van der Waals surface area contributed by atoms with Crippen LogP contribution in [0, 0.1) is 5.92 Å². The second-order valence-corrected chi connectivity index (χ2v) is 5.12. The van der Waals surface area contributed by atoms with E-state index in [9.17, 15) is 0 Å². The van der Waals surface area contributed by atoms with Gasteiger partial charge in [0.05, 0.1) is 12.8 Å². The van der Waals surface area contributed by atoms with Crippen molar-refractivity contribution < 1.29 is 4.42 Å². The van der Waals surface area contributed by atoms with Crippen molar-refractivity contribution in [1.82, 2.24) is 10.2 Å². The molecule has 3 nitrogen and oxygen atoms in total. The van der Waals surface area contributed by atoms with Crippen LogP contribution < -0.4 is 5.32 Å². The molecule has 17 heavy (non-hydrogen) atoms. The fourth-order valence-corrected chi connectivity index (χ4v) is 1.77. The lowest BCUT2D eigenvalue weighted by Gasteiger charge is -2.15. The molecule has 0 aromatic carbocycles. The standard InChI is InChI=1S/C14H26N2O/c1-13(2)11-15-8-4-5-9-16(3)12-14-7-6-10-17-14/h6-7,10,13,15H,4-5,8-9,11-12H2,1-3H3. The molecule has 0 aliphatic heterocycles. The lowest BCUT2D eigenvalue weighted by Crippen LogP contribution is -2.23. The van der Waals surface area contributed by atoms with Crippen LogP contribution in [0.1, 0.15) is 32.4 Å². The molecule has 1 aromatic heterocycles. The Morgan fingerprint density at radius 2 is 2.18 bits per heavy atom. The third-order valence-electron chi connectivity index (χ3n) is 2.70. The number of nitrogens with zero attached hydrogens (tertiary/aromatic N) is 1. The summed E-state index contributed by atoms with van der Waals surface area (Å²) < 4.78 is 5.32. The first-order valence-electron chi connectivity index (χ1n) is 6.60. The summed E-state index contributed by atoms with van der Waals surface area (Å²) >= 11 is 0. The summed E-state index contributed by atoms with van der Waals surface area (Å²) in [6.45, 7) is 8.78. The Hall–Kier alpha value is -0.800. The number of hydrogen-bond acceptors (Lipinski definition) is 3. The fourth-order valence-electron chi connectivity index (χ4n) is 1.77. The molecule has 98 valence electrons. The second-order valence-electron chi connectivity index (χ2n) is 5.12. The summed E-state index contributed by atoms with van der Waals surface area (Å²) in [6.07, 6.45) is 4.22. The van der Waals surface area contributed by atoms with Crippen LogP contribution in [-0.2, 0) is 6.54 Å². The highest BCUT2D eigenvalue weighted by Crippen LogP contribution is 2.04. The highest BCUT2D eigenvalue weighted by molar-refractivity contribution is 4.97. The zero-order valence-electron chi connectivity index (χ0n) is 11.4. The van der Waals surface area contributed by atoms with Crippen LogP contribution in [0.3, 0.4) is 0 Å². The van der Waals surface area contributed by atoms with Crippen LogP contribution in [0.5, 0.6) is 0 Å². The molecular weight excluding hydrogens is 212 g/mol. The molecule has 1 N–H and O–H groups in total. The van der Waals surface area contributed by atoms with Crippen LogP contribution >= 0.6 is 0 Å². The third-order valence-corrected chi connectivity index (χ3v) is 2.70. The highest BCUT2D eigenvalue weighted by Gasteiger charge is 2.01. The van der Waals surface area contributed by atoms with E-state index in [-0.39, 0.29) is 0 Å². The molecular formula is C14H26N2O. The number of nitrogens with one attached hydrogen (secondary N) is 1. The Balaban J connectivity index is 1.95. The van der Waals surface area contributed by atoms with Gasteiger partial charge in [0, 0.05) is 0 Å². The molecule has 0 saturated heterocycles. The van der Waals surface area contributed by atoms with Gasteiger partial charge in [-0.3, -0.25) is 4.90 Å². The Labute approximate surface area is 105 Å². The van der Waals surface area contributed by atoms with Gasteiger partial charge in [-0.25, -0.2) is 0 Å². The summed E-state index contributed by atoms with van der Waals surface area (Å²) in [5.74, 6) is 1.79. The molecule has 0 atom stereocenters. The number of furan rings is 1. The van der Waals surface area contributed by atoms with E-state index >= 15 is 0 Å². The maximum absolute atomic E-state index is 5.32. The molecule has 1 heterocycles. The summed E-state index contributed by atoms with van der Waals surface area (Å²) in [6, 6.07) is 3.97. The van der Waals surface area contributed by atoms with E-state index in [0.717, 1.165) is 37.9 Å². The molecule has 0 aliphatic carbocycles. The second kappa shape index (κ2) is 8.31. The minimum absolute atomic E-state index is 0.747. The van der Waals surface area contributed by atoms with Crippen LogP contribution in [0.2, 0.25) is 0 Å². The Kier molecular flexibility index (Phi) is 6.97. The van der Waals surface area contributed by atoms with E-state index in [1.807, 2.05) is 12.1 Å². The molecule has 0 saturated carbocycles. The van der Waals surface area contributed by atoms with Crippen molar-refractivity contribution in [2.24, 2.45) is 5.92 Å². The molecule has 0 amide bonds. The predicted molar refractivity (Wildman–Crippen MR) is 72.0 cm³/mol. The molecule has 0 fully saturated rings. The Bertz CT molecular complexity index is 270. The summed E-state index contributed by atoms with van der Waals surface area (Å²) in [7, 11) is 2.14. The summed E-state index contributed by atoms with van der Waals surface area (Å²) in [5, 5.41) is 3.47. The van der Waals surface area contributed by atoms with Crippen molar-refractivity contribution in [1.29, 1.82) is 0 Å². The maximum atomic E-state index is 5.32. The molecule has 3 heteroatoms. The van der Waals surface area contributed by atoms with Crippen LogP contribution in [0.25, 0.3) is 0 Å². The maximum Gasteiger partial charge on any atom is 0.117 e. The zero-order valence-corrected chi connectivity index (χ0v) is 11.4. The quantitative estimate of drug-likeness (QED) is 0.671. The van der Waals surface area contributed by atoms with Crippen molar-refractivity contribution in [3.05, 3.63) is 24.2 Å². The molecule has 0 bridgehead atoms. The van der Waals surface area contributed by atoms with E-state index in [0.29, 0.717) is 0 Å². The van der Waals surface area contributed by atoms with Gasteiger partial charge in [-0.15, -0.1) is 0 Å². The Morgan fingerprint density at radius 1 is 1.35 bits per heavy atom. The monoisotopic (exact) mass is 238 g/mol. The normalized spacial score (nSPS) is 11.6. The van der Waals surface area contributed by atoms with E-state index < -0.39 is 0 Å². The van der Waals surface area contributed by atoms with Crippen LogP contribution in [0.4, 0.5) is 0 Å². The van der Waals surface area contributed by atoms with Gasteiger partial charge in [-0.1, -0.05) is 13.8 Å². The van der Waals surface area contributed by atoms with E-state index in [4.69, 9.17) is 4.42 Å². The smallest absolute Gasteiger partial charge is 0.117 e. The first-order valence-corrected chi connectivity index (χ1v) is 6.60. The molecule has 0 spiro atoms. The van der Waals surface area contributed by atoms with Gasteiger partial charge in [0.1, 0.15) is 5.76 Å². The molecule has 1 aromatic rings. The minimum Gasteiger partial charge on any atom is -0.468 e. The largest absolute Gasteiger partial charge is 0.468 e. The van der Waals surface area contributed by atoms with Gasteiger partial charge >= 0.3 is 0 Å². The van der Waals surface area contributed by atoms with E-state index in [2.05, 4.69) is 31.1 Å². The van der Waals surface area contributed by atoms with Gasteiger partial charge in [0.25, 0.3) is 0 Å². The predicted octanol–water partition coefficient (Wildman–Crippen LogP) is 2.74. The van der Waals surface area contributed by atoms with Crippen molar-refractivity contribution in [2.45, 2.75) is 33.2 Å². The van der Waals surface area contributed by atoms with Crippen LogP contribution in [-0.4, -0.2) is 31.6 Å². The average Bonchev–Trinajstić information content (AvgIpc) is 2.75. The van der Waals surface area contributed by atoms with Crippen molar-refractivity contribution in [2.75, 3.05) is 26.7 Å². The van der Waals surface area contributed by atoms with Gasteiger partial charge in [0.15, 0.2) is 0 Å². The van der Waals surface area contributed by atoms with Gasteiger partial charge in [-0.05, 0) is 57.6 Å². The highest BCUT2D eigenvalue weighted by atomic mass is 16.3. The van der Waals surface area contributed by atoms with Gasteiger partial charge < -0.3 is 9.73 Å². The van der Waals surface area contributed by atoms with Crippen LogP contribution in [0.15, 0.2) is 22.8 Å². The fraction of sp³-hybridized carbons (Fsp3) is 0.714. The van der Waals surface area contributed by atoms with Gasteiger partial charge in [-0.2, -0.15) is 0 Å². The number of rotatable bonds is 9. The zero-order chi connectivity index (χ0) is 12.5. The van der Waals surface area contributed by atoms with E-state index in [1.54, 1.807) is 6.26 Å². The summed E-state index contributed by atoms with van der Waals surface area (Å²) in [4.78, 5) is 2.31. The SMILES string of the molecule is CC(C)CNCCCCN(C)Cc1ccco1. The van der Waals surface area contributed by atoms with Crippen molar-refractivity contribution in [3.63, 3.8) is 0 Å². The number of hydrogen-bond donors (Lipinski definition) is 1. The minimum atomic E-state index is 0.747. The van der Waals surface area contributed by atoms with Crippen molar-refractivity contribution >= 4 is 0 Å². The summed E-state index contributed by atoms with van der Waals surface area (Å²) in [5.41, 5.74) is 0. The first kappa shape index (κ1) is 14.3. The lowest BCUT2D eigenvalue weighted by molar-refractivity contribution is 0.288. The third kappa shape index (κ3) is 7.18. The van der Waals surface area contributed by atoms with E-state index in [1.165, 1.54) is 12.8 Å².